The van der Waals surface area contributed by atoms with Crippen molar-refractivity contribution in [1.82, 2.24) is 0 Å². The molecule has 0 saturated heterocycles. The summed E-state index contributed by atoms with van der Waals surface area (Å²) in [6, 6.07) is 11.8. The van der Waals surface area contributed by atoms with Gasteiger partial charge in [-0.15, -0.1) is 0 Å². The second-order valence-corrected chi connectivity index (χ2v) is 13.3. The molecule has 0 fully saturated rings. The number of primary sulfonamides is 1. The summed E-state index contributed by atoms with van der Waals surface area (Å²) in [5.74, 6) is -7.09. The van der Waals surface area contributed by atoms with Crippen molar-refractivity contribution < 1.29 is 87.7 Å². The minimum Gasteiger partial charge on any atom is -0.744 e. The standard InChI is InChI=1S/C15H10F2N2O4S.C15H9F2NO5S.Na/c16-9-3-8(4-10(17)5-9)7-19-13-2-1-11(24(18,22)23)6-12(13)14(20)15(19)21;16-9-3-8(4-10(17)5-9)7-18-13-2-1-11(24(21,22)23)6-12(13)14(19)15(18)20;/h1-6H,7H2,(H2,18,22,23);1-6H,7H2,(H,21,22,23);/q;;+1/p-1. The van der Waals surface area contributed by atoms with Gasteiger partial charge >= 0.3 is 29.6 Å². The van der Waals surface area contributed by atoms with Crippen LogP contribution in [0.4, 0.5) is 28.9 Å². The Hall–Kier alpha value is -4.30. The van der Waals surface area contributed by atoms with Gasteiger partial charge in [0.25, 0.3) is 23.4 Å². The van der Waals surface area contributed by atoms with Crippen LogP contribution in [0.5, 0.6) is 0 Å². The van der Waals surface area contributed by atoms with E-state index in [2.05, 4.69) is 0 Å². The van der Waals surface area contributed by atoms with Crippen molar-refractivity contribution in [2.24, 2.45) is 5.14 Å². The molecule has 0 radical (unpaired) electrons. The van der Waals surface area contributed by atoms with Crippen LogP contribution >= 0.6 is 0 Å². The molecule has 0 bridgehead atoms. The fourth-order valence-electron chi connectivity index (χ4n) is 4.98. The Balaban J connectivity index is 0.000000216. The molecule has 4 aromatic carbocycles. The summed E-state index contributed by atoms with van der Waals surface area (Å²) in [5, 5.41) is 5.00. The van der Waals surface area contributed by atoms with Crippen molar-refractivity contribution in [3.05, 3.63) is 118 Å². The number of sulfonamides is 1. The molecule has 4 aromatic rings. The number of ketones is 2. The van der Waals surface area contributed by atoms with Gasteiger partial charge in [0.2, 0.25) is 10.0 Å². The first-order valence-electron chi connectivity index (χ1n) is 13.2. The van der Waals surface area contributed by atoms with E-state index in [-0.39, 0.29) is 81.2 Å². The first-order chi connectivity index (χ1) is 22.3. The van der Waals surface area contributed by atoms with E-state index < -0.39 is 71.7 Å². The van der Waals surface area contributed by atoms with E-state index >= 15 is 0 Å². The van der Waals surface area contributed by atoms with Gasteiger partial charge < -0.3 is 14.4 Å². The fraction of sp³-hybridized carbons (Fsp3) is 0.0667. The Morgan fingerprint density at radius 3 is 1.27 bits per heavy atom. The van der Waals surface area contributed by atoms with Gasteiger partial charge in [-0.25, -0.2) is 39.5 Å². The summed E-state index contributed by atoms with van der Waals surface area (Å²) in [4.78, 5) is 49.2. The summed E-state index contributed by atoms with van der Waals surface area (Å²) in [6.45, 7) is -0.517. The van der Waals surface area contributed by atoms with Crippen LogP contribution in [0.1, 0.15) is 31.8 Å². The van der Waals surface area contributed by atoms with E-state index in [1.165, 1.54) is 6.07 Å². The van der Waals surface area contributed by atoms with Gasteiger partial charge in [-0.05, 0) is 71.8 Å². The maximum absolute atomic E-state index is 13.3. The van der Waals surface area contributed by atoms with Crippen LogP contribution in [0.3, 0.4) is 0 Å². The van der Waals surface area contributed by atoms with E-state index in [4.69, 9.17) is 5.14 Å². The first-order valence-corrected chi connectivity index (χ1v) is 16.2. The number of hydrogen-bond acceptors (Lipinski definition) is 9. The Morgan fingerprint density at radius 2 is 0.918 bits per heavy atom. The smallest absolute Gasteiger partial charge is 0.744 e. The monoisotopic (exact) mass is 727 g/mol. The molecule has 2 amide bonds. The third-order valence-electron chi connectivity index (χ3n) is 7.03. The molecule has 0 spiro atoms. The van der Waals surface area contributed by atoms with Gasteiger partial charge in [-0.3, -0.25) is 19.2 Å². The van der Waals surface area contributed by atoms with E-state index in [1.54, 1.807) is 0 Å². The van der Waals surface area contributed by atoms with E-state index in [0.29, 0.717) is 12.1 Å². The van der Waals surface area contributed by atoms with Crippen LogP contribution in [-0.4, -0.2) is 44.8 Å². The molecule has 0 atom stereocenters. The molecule has 49 heavy (non-hydrogen) atoms. The normalized spacial score (nSPS) is 13.9. The minimum atomic E-state index is -4.78. The van der Waals surface area contributed by atoms with Gasteiger partial charge in [0.05, 0.1) is 45.4 Å². The molecule has 0 unspecified atom stereocenters. The average Bonchev–Trinajstić information content (AvgIpc) is 3.35. The Kier molecular flexibility index (Phi) is 10.6. The number of rotatable bonds is 6. The number of anilines is 2. The third kappa shape index (κ3) is 7.96. The molecule has 0 aromatic heterocycles. The molecule has 12 nitrogen and oxygen atoms in total. The largest absolute Gasteiger partial charge is 1.00 e. The van der Waals surface area contributed by atoms with E-state index in [1.807, 2.05) is 0 Å². The topological polar surface area (TPSA) is 192 Å². The number of amides is 2. The van der Waals surface area contributed by atoms with Crippen molar-refractivity contribution in [3.8, 4) is 0 Å². The zero-order chi connectivity index (χ0) is 35.3. The first kappa shape index (κ1) is 37.5. The number of hydrogen-bond donors (Lipinski definition) is 1. The Morgan fingerprint density at radius 1 is 0.571 bits per heavy atom. The summed E-state index contributed by atoms with van der Waals surface area (Å²) in [7, 11) is -8.82. The summed E-state index contributed by atoms with van der Waals surface area (Å²) >= 11 is 0. The third-order valence-corrected chi connectivity index (χ3v) is 8.77. The number of halogens is 4. The van der Waals surface area contributed by atoms with Gasteiger partial charge in [-0.2, -0.15) is 0 Å². The predicted octanol–water partition coefficient (Wildman–Crippen LogP) is -0.0559. The average molecular weight is 728 g/mol. The van der Waals surface area contributed by atoms with Gasteiger partial charge in [0, 0.05) is 12.1 Å². The quantitative estimate of drug-likeness (QED) is 0.123. The van der Waals surface area contributed by atoms with Crippen molar-refractivity contribution in [3.63, 3.8) is 0 Å². The zero-order valence-electron chi connectivity index (χ0n) is 24.8. The SMILES string of the molecule is NS(=O)(=O)c1ccc2c(c1)C(=O)C(=O)N2Cc1cc(F)cc(F)c1.O=C1C(=O)N(Cc2cc(F)cc(F)c2)c2ccc(S(=O)(=O)[O-])cc21.[Na+]. The number of benzene rings is 4. The maximum atomic E-state index is 13.3. The number of nitrogens with two attached hydrogens (primary N) is 1. The van der Waals surface area contributed by atoms with Crippen molar-refractivity contribution >= 4 is 54.9 Å². The Labute approximate surface area is 297 Å². The molecule has 2 aliphatic heterocycles. The molecular formula is C30H18F4N3NaO9S2. The molecule has 2 heterocycles. The van der Waals surface area contributed by atoms with Crippen LogP contribution in [0.2, 0.25) is 0 Å². The van der Waals surface area contributed by atoms with E-state index in [0.717, 1.165) is 64.4 Å². The van der Waals surface area contributed by atoms with E-state index in [9.17, 15) is 58.1 Å². The number of carbonyl (C=O) groups is 4. The molecule has 2 N–H and O–H groups in total. The summed E-state index contributed by atoms with van der Waals surface area (Å²) in [5.41, 5.74) is 0.125. The van der Waals surface area contributed by atoms with Crippen LogP contribution in [0.25, 0.3) is 0 Å². The van der Waals surface area contributed by atoms with Gasteiger partial charge in [-0.1, -0.05) is 0 Å². The van der Waals surface area contributed by atoms with Crippen LogP contribution in [0.15, 0.2) is 82.6 Å². The molecule has 6 rings (SSSR count). The number of Topliss-reactive ketones (excluding diaryl/α,β-unsaturated/α-hetero) is 2. The maximum Gasteiger partial charge on any atom is 1.00 e. The van der Waals surface area contributed by atoms with Crippen molar-refractivity contribution in [2.75, 3.05) is 9.80 Å². The van der Waals surface area contributed by atoms with Crippen molar-refractivity contribution in [2.45, 2.75) is 22.9 Å². The van der Waals surface area contributed by atoms with Crippen LogP contribution in [-0.2, 0) is 42.8 Å². The van der Waals surface area contributed by atoms with Crippen LogP contribution in [0, 0.1) is 23.3 Å². The molecule has 2 aliphatic rings. The molecule has 0 aliphatic carbocycles. The molecule has 248 valence electrons. The van der Waals surface area contributed by atoms with Crippen LogP contribution < -0.4 is 44.5 Å². The van der Waals surface area contributed by atoms with Gasteiger partial charge in [0.1, 0.15) is 33.4 Å². The molecule has 19 heteroatoms. The Bertz CT molecular complexity index is 2100. The minimum absolute atomic E-state index is 0. The predicted molar refractivity (Wildman–Crippen MR) is 156 cm³/mol. The molecule has 0 saturated carbocycles. The second-order valence-electron chi connectivity index (χ2n) is 10.4. The zero-order valence-corrected chi connectivity index (χ0v) is 28.4. The van der Waals surface area contributed by atoms with Crippen molar-refractivity contribution in [1.29, 1.82) is 0 Å². The number of nitrogens with zero attached hydrogens (tertiary/aromatic N) is 2. The summed E-state index contributed by atoms with van der Waals surface area (Å²) in [6.07, 6.45) is 0. The van der Waals surface area contributed by atoms with Gasteiger partial charge in [0.15, 0.2) is 0 Å². The number of fused-ring (bicyclic) bond motifs is 2. The summed E-state index contributed by atoms with van der Waals surface area (Å²) < 4.78 is 109. The second kappa shape index (κ2) is 13.9. The fourth-order valence-corrected chi connectivity index (χ4v) is 6.01. The number of carbonyl (C=O) groups excluding carboxylic acids is 4. The molecular weight excluding hydrogens is 709 g/mol.